The lowest BCUT2D eigenvalue weighted by Crippen LogP contribution is -2.40. The molecule has 1 saturated heterocycles. The number of nitrogens with zero attached hydrogens (tertiary/aromatic N) is 1. The minimum absolute atomic E-state index is 0.00363. The Morgan fingerprint density at radius 1 is 1.25 bits per heavy atom. The second-order valence-corrected chi connectivity index (χ2v) is 8.63. The quantitative estimate of drug-likeness (QED) is 0.846. The Balaban J connectivity index is 2.12. The number of benzene rings is 1. The predicted molar refractivity (Wildman–Crippen MR) is 89.6 cm³/mol. The van der Waals surface area contributed by atoms with Crippen molar-refractivity contribution in [3.63, 3.8) is 0 Å². The zero-order valence-electron chi connectivity index (χ0n) is 13.9. The second kappa shape index (κ2) is 7.34. The van der Waals surface area contributed by atoms with Gasteiger partial charge in [-0.2, -0.15) is 0 Å². The van der Waals surface area contributed by atoms with E-state index >= 15 is 0 Å². The molecule has 1 aliphatic heterocycles. The first kappa shape index (κ1) is 18.4. The monoisotopic (exact) mass is 353 g/mol. The summed E-state index contributed by atoms with van der Waals surface area (Å²) in [5.74, 6) is -0.980. The fraction of sp³-hybridized carbons (Fsp3) is 0.529. The van der Waals surface area contributed by atoms with E-state index < -0.39 is 15.8 Å². The van der Waals surface area contributed by atoms with Crippen LogP contribution < -0.4 is 0 Å². The molecule has 1 N–H and O–H groups in total. The van der Waals surface area contributed by atoms with Gasteiger partial charge in [-0.15, -0.1) is 0 Å². The van der Waals surface area contributed by atoms with Gasteiger partial charge in [-0.25, -0.2) is 13.2 Å². The van der Waals surface area contributed by atoms with Gasteiger partial charge in [0, 0.05) is 19.0 Å². The van der Waals surface area contributed by atoms with Crippen LogP contribution in [0.3, 0.4) is 0 Å². The van der Waals surface area contributed by atoms with Gasteiger partial charge >= 0.3 is 5.97 Å². The van der Waals surface area contributed by atoms with Crippen LogP contribution in [0.25, 0.3) is 0 Å². The average molecular weight is 353 g/mol. The van der Waals surface area contributed by atoms with Crippen molar-refractivity contribution in [2.24, 2.45) is 5.92 Å². The van der Waals surface area contributed by atoms with E-state index in [2.05, 4.69) is 0 Å². The van der Waals surface area contributed by atoms with E-state index in [-0.39, 0.29) is 34.1 Å². The molecule has 6 nitrogen and oxygen atoms in total. The third-order valence-corrected chi connectivity index (χ3v) is 5.97. The molecule has 0 radical (unpaired) electrons. The van der Waals surface area contributed by atoms with Crippen molar-refractivity contribution >= 4 is 21.7 Å². The van der Waals surface area contributed by atoms with Crippen molar-refractivity contribution in [2.45, 2.75) is 44.0 Å². The molecule has 24 heavy (non-hydrogen) atoms. The first-order valence-corrected chi connectivity index (χ1v) is 9.71. The van der Waals surface area contributed by atoms with Crippen molar-refractivity contribution in [3.8, 4) is 0 Å². The van der Waals surface area contributed by atoms with Crippen molar-refractivity contribution in [1.82, 2.24) is 4.90 Å². The number of amides is 1. The largest absolute Gasteiger partial charge is 0.478 e. The van der Waals surface area contributed by atoms with Crippen LogP contribution in [0.15, 0.2) is 29.2 Å². The molecule has 2 rings (SSSR count). The average Bonchev–Trinajstić information content (AvgIpc) is 2.94. The Morgan fingerprint density at radius 2 is 1.88 bits per heavy atom. The molecule has 0 bridgehead atoms. The van der Waals surface area contributed by atoms with E-state index in [0.29, 0.717) is 19.4 Å². The molecule has 1 aromatic rings. The molecule has 1 fully saturated rings. The summed E-state index contributed by atoms with van der Waals surface area (Å²) in [7, 11) is -3.57. The Labute approximate surface area is 142 Å². The normalized spacial score (nSPS) is 18.1. The number of hydrogen-bond acceptors (Lipinski definition) is 4. The zero-order chi connectivity index (χ0) is 17.9. The van der Waals surface area contributed by atoms with Crippen LogP contribution in [-0.4, -0.2) is 48.6 Å². The summed E-state index contributed by atoms with van der Waals surface area (Å²) in [5.41, 5.74) is 0.0450. The van der Waals surface area contributed by atoms with E-state index in [0.717, 1.165) is 6.42 Å². The minimum atomic E-state index is -3.57. The van der Waals surface area contributed by atoms with Gasteiger partial charge in [0.2, 0.25) is 5.91 Å². The summed E-state index contributed by atoms with van der Waals surface area (Å²) in [5, 5.41) is 8.88. The van der Waals surface area contributed by atoms with Crippen LogP contribution in [-0.2, 0) is 14.6 Å². The number of carboxylic acid groups (broad SMARTS) is 1. The van der Waals surface area contributed by atoms with Crippen LogP contribution in [0.5, 0.6) is 0 Å². The SMILES string of the molecule is CC(C)CC(=O)N1CCC[C@H]1CS(=O)(=O)c1ccc(C(=O)O)cc1. The molecule has 1 atom stereocenters. The van der Waals surface area contributed by atoms with E-state index in [1.807, 2.05) is 13.8 Å². The van der Waals surface area contributed by atoms with Crippen molar-refractivity contribution < 1.29 is 23.1 Å². The van der Waals surface area contributed by atoms with Gasteiger partial charge in [-0.1, -0.05) is 13.8 Å². The third kappa shape index (κ3) is 4.35. The first-order chi connectivity index (χ1) is 11.2. The number of hydrogen-bond donors (Lipinski definition) is 1. The lowest BCUT2D eigenvalue weighted by molar-refractivity contribution is -0.132. The van der Waals surface area contributed by atoms with E-state index in [4.69, 9.17) is 5.11 Å². The second-order valence-electron chi connectivity index (χ2n) is 6.59. The number of likely N-dealkylation sites (tertiary alicyclic amines) is 1. The minimum Gasteiger partial charge on any atom is -0.478 e. The number of sulfone groups is 1. The number of carboxylic acids is 1. The van der Waals surface area contributed by atoms with Crippen LogP contribution in [0.2, 0.25) is 0 Å². The maximum atomic E-state index is 12.6. The third-order valence-electron chi connectivity index (χ3n) is 4.15. The summed E-state index contributed by atoms with van der Waals surface area (Å²) in [6.45, 7) is 4.52. The summed E-state index contributed by atoms with van der Waals surface area (Å²) in [4.78, 5) is 24.9. The zero-order valence-corrected chi connectivity index (χ0v) is 14.8. The standard InChI is InChI=1S/C17H23NO5S/c1-12(2)10-16(19)18-9-3-4-14(18)11-24(22,23)15-7-5-13(6-8-15)17(20)21/h5-8,12,14H,3-4,9-11H2,1-2H3,(H,20,21)/t14-/m0/s1. The molecular weight excluding hydrogens is 330 g/mol. The van der Waals surface area contributed by atoms with Crippen LogP contribution in [0.1, 0.15) is 43.5 Å². The molecule has 0 unspecified atom stereocenters. The molecule has 0 spiro atoms. The van der Waals surface area contributed by atoms with Crippen LogP contribution >= 0.6 is 0 Å². The number of carbonyl (C=O) groups excluding carboxylic acids is 1. The van der Waals surface area contributed by atoms with Gasteiger partial charge in [0.25, 0.3) is 0 Å². The highest BCUT2D eigenvalue weighted by atomic mass is 32.2. The highest BCUT2D eigenvalue weighted by molar-refractivity contribution is 7.91. The molecule has 0 saturated carbocycles. The summed E-state index contributed by atoms with van der Waals surface area (Å²) in [6.07, 6.45) is 1.90. The first-order valence-electron chi connectivity index (χ1n) is 8.06. The van der Waals surface area contributed by atoms with Gasteiger partial charge in [0.05, 0.1) is 16.2 Å². The number of aromatic carboxylic acids is 1. The lowest BCUT2D eigenvalue weighted by atomic mass is 10.1. The molecule has 1 amide bonds. The van der Waals surface area contributed by atoms with Crippen molar-refractivity contribution in [2.75, 3.05) is 12.3 Å². The van der Waals surface area contributed by atoms with Gasteiger partial charge in [0.1, 0.15) is 0 Å². The van der Waals surface area contributed by atoms with Crippen molar-refractivity contribution in [1.29, 1.82) is 0 Å². The lowest BCUT2D eigenvalue weighted by Gasteiger charge is -2.25. The Bertz CT molecular complexity index is 709. The molecule has 132 valence electrons. The van der Waals surface area contributed by atoms with E-state index in [1.165, 1.54) is 24.3 Å². The molecule has 1 aromatic carbocycles. The summed E-state index contributed by atoms with van der Waals surface area (Å²) < 4.78 is 25.1. The molecule has 1 aliphatic rings. The maximum Gasteiger partial charge on any atom is 0.335 e. The fourth-order valence-corrected chi connectivity index (χ4v) is 4.55. The summed E-state index contributed by atoms with van der Waals surface area (Å²) in [6, 6.07) is 4.89. The van der Waals surface area contributed by atoms with Crippen LogP contribution in [0, 0.1) is 5.92 Å². The van der Waals surface area contributed by atoms with Crippen molar-refractivity contribution in [3.05, 3.63) is 29.8 Å². The smallest absolute Gasteiger partial charge is 0.335 e. The van der Waals surface area contributed by atoms with Gasteiger partial charge in [-0.3, -0.25) is 4.79 Å². The predicted octanol–water partition coefficient (Wildman–Crippen LogP) is 2.20. The Morgan fingerprint density at radius 3 is 2.42 bits per heavy atom. The highest BCUT2D eigenvalue weighted by Gasteiger charge is 2.33. The summed E-state index contributed by atoms with van der Waals surface area (Å²) >= 11 is 0. The molecule has 0 aromatic heterocycles. The molecular formula is C17H23NO5S. The molecule has 7 heteroatoms. The maximum absolute atomic E-state index is 12.6. The van der Waals surface area contributed by atoms with Gasteiger partial charge in [0.15, 0.2) is 9.84 Å². The molecule has 0 aliphatic carbocycles. The van der Waals surface area contributed by atoms with Crippen LogP contribution in [0.4, 0.5) is 0 Å². The van der Waals surface area contributed by atoms with Gasteiger partial charge < -0.3 is 10.0 Å². The Hall–Kier alpha value is -1.89. The topological polar surface area (TPSA) is 91.8 Å². The molecule has 1 heterocycles. The van der Waals surface area contributed by atoms with Gasteiger partial charge in [-0.05, 0) is 43.0 Å². The highest BCUT2D eigenvalue weighted by Crippen LogP contribution is 2.24. The Kier molecular flexibility index (Phi) is 5.64. The number of rotatable bonds is 6. The number of carbonyl (C=O) groups is 2. The van der Waals surface area contributed by atoms with E-state index in [9.17, 15) is 18.0 Å². The van der Waals surface area contributed by atoms with E-state index in [1.54, 1.807) is 4.90 Å². The fourth-order valence-electron chi connectivity index (χ4n) is 2.96.